The fourth-order valence-corrected chi connectivity index (χ4v) is 2.02. The number of nitrogens with zero attached hydrogens (tertiary/aromatic N) is 4. The highest BCUT2D eigenvalue weighted by atomic mass is 16.2. The first-order valence-electron chi connectivity index (χ1n) is 6.41. The summed E-state index contributed by atoms with van der Waals surface area (Å²) in [6.45, 7) is 5.44. The first-order chi connectivity index (χ1) is 9.13. The lowest BCUT2D eigenvalue weighted by Crippen LogP contribution is -2.39. The van der Waals surface area contributed by atoms with Gasteiger partial charge >= 0.3 is 5.69 Å². The minimum atomic E-state index is -0.255. The summed E-state index contributed by atoms with van der Waals surface area (Å²) >= 11 is 0. The molecule has 6 nitrogen and oxygen atoms in total. The van der Waals surface area contributed by atoms with Gasteiger partial charge in [0.15, 0.2) is 0 Å². The predicted molar refractivity (Wildman–Crippen MR) is 72.2 cm³/mol. The molecule has 6 heteroatoms. The molecule has 0 saturated carbocycles. The molecule has 0 aliphatic carbocycles. The van der Waals surface area contributed by atoms with Crippen LogP contribution in [0.5, 0.6) is 0 Å². The smallest absolute Gasteiger partial charge is 0.331 e. The summed E-state index contributed by atoms with van der Waals surface area (Å²) in [6.07, 6.45) is 5.97. The molecule has 0 aliphatic heterocycles. The quantitative estimate of drug-likeness (QED) is 0.793. The van der Waals surface area contributed by atoms with Crippen molar-refractivity contribution >= 4 is 0 Å². The van der Waals surface area contributed by atoms with Crippen molar-refractivity contribution in [1.82, 2.24) is 18.7 Å². The van der Waals surface area contributed by atoms with Crippen LogP contribution in [0.2, 0.25) is 0 Å². The number of aromatic nitrogens is 4. The third-order valence-corrected chi connectivity index (χ3v) is 3.09. The average molecular weight is 262 g/mol. The van der Waals surface area contributed by atoms with Gasteiger partial charge in [-0.05, 0) is 13.3 Å². The minimum absolute atomic E-state index is 0.243. The number of imidazole rings is 1. The van der Waals surface area contributed by atoms with Crippen LogP contribution in [0.15, 0.2) is 34.2 Å². The fourth-order valence-electron chi connectivity index (χ4n) is 2.02. The van der Waals surface area contributed by atoms with Crippen LogP contribution in [0, 0.1) is 6.92 Å². The normalized spacial score (nSPS) is 10.8. The van der Waals surface area contributed by atoms with Gasteiger partial charge < -0.3 is 9.13 Å². The van der Waals surface area contributed by atoms with Crippen LogP contribution in [0.1, 0.15) is 19.2 Å². The Kier molecular flexibility index (Phi) is 3.99. The molecule has 102 valence electrons. The highest BCUT2D eigenvalue weighted by Gasteiger charge is 2.05. The van der Waals surface area contributed by atoms with Crippen LogP contribution in [0.25, 0.3) is 0 Å². The molecule has 2 heterocycles. The van der Waals surface area contributed by atoms with Crippen LogP contribution in [-0.2, 0) is 19.6 Å². The SMILES string of the molecule is CCCn1ccc(=O)n(CCn2ccnc2C)c1=O. The molecule has 0 bridgehead atoms. The van der Waals surface area contributed by atoms with Gasteiger partial charge in [0.25, 0.3) is 5.56 Å². The maximum Gasteiger partial charge on any atom is 0.331 e. The molecule has 0 amide bonds. The molecular formula is C13H18N4O2. The van der Waals surface area contributed by atoms with E-state index in [4.69, 9.17) is 0 Å². The van der Waals surface area contributed by atoms with E-state index in [-0.39, 0.29) is 11.2 Å². The Morgan fingerprint density at radius 1 is 1.11 bits per heavy atom. The van der Waals surface area contributed by atoms with Gasteiger partial charge in [0, 0.05) is 44.3 Å². The largest absolute Gasteiger partial charge is 0.333 e. The molecule has 2 aromatic heterocycles. The Balaban J connectivity index is 2.25. The Labute approximate surface area is 110 Å². The lowest BCUT2D eigenvalue weighted by molar-refractivity contribution is 0.500. The molecule has 0 radical (unpaired) electrons. The topological polar surface area (TPSA) is 61.8 Å². The monoisotopic (exact) mass is 262 g/mol. The molecule has 2 rings (SSSR count). The second-order valence-corrected chi connectivity index (χ2v) is 4.45. The summed E-state index contributed by atoms with van der Waals surface area (Å²) in [6, 6.07) is 1.44. The van der Waals surface area contributed by atoms with Gasteiger partial charge in [-0.15, -0.1) is 0 Å². The maximum atomic E-state index is 12.1. The molecule has 0 aromatic carbocycles. The van der Waals surface area contributed by atoms with Crippen LogP contribution in [0.4, 0.5) is 0 Å². The molecule has 19 heavy (non-hydrogen) atoms. The lowest BCUT2D eigenvalue weighted by Gasteiger charge is -2.10. The first kappa shape index (κ1) is 13.3. The number of aryl methyl sites for hydroxylation is 3. The van der Waals surface area contributed by atoms with Crippen molar-refractivity contribution in [2.24, 2.45) is 0 Å². The summed E-state index contributed by atoms with van der Waals surface area (Å²) < 4.78 is 4.76. The zero-order chi connectivity index (χ0) is 13.8. The van der Waals surface area contributed by atoms with Gasteiger partial charge in [-0.2, -0.15) is 0 Å². The van der Waals surface area contributed by atoms with E-state index in [0.29, 0.717) is 19.6 Å². The van der Waals surface area contributed by atoms with Crippen molar-refractivity contribution in [3.05, 3.63) is 51.3 Å². The zero-order valence-corrected chi connectivity index (χ0v) is 11.2. The van der Waals surface area contributed by atoms with Crippen LogP contribution < -0.4 is 11.2 Å². The van der Waals surface area contributed by atoms with E-state index < -0.39 is 0 Å². The Morgan fingerprint density at radius 2 is 1.89 bits per heavy atom. The van der Waals surface area contributed by atoms with E-state index in [2.05, 4.69) is 4.98 Å². The Hall–Kier alpha value is -2.11. The second kappa shape index (κ2) is 5.69. The summed E-state index contributed by atoms with van der Waals surface area (Å²) in [4.78, 5) is 28.0. The van der Waals surface area contributed by atoms with Gasteiger partial charge in [0.2, 0.25) is 0 Å². The van der Waals surface area contributed by atoms with Crippen molar-refractivity contribution in [2.45, 2.75) is 39.9 Å². The molecule has 0 aliphatic rings. The third kappa shape index (κ3) is 2.83. The molecule has 0 fully saturated rings. The van der Waals surface area contributed by atoms with Gasteiger partial charge in [0.05, 0.1) is 0 Å². The number of hydrogen-bond donors (Lipinski definition) is 0. The average Bonchev–Trinajstić information content (AvgIpc) is 2.79. The summed E-state index contributed by atoms with van der Waals surface area (Å²) in [7, 11) is 0. The van der Waals surface area contributed by atoms with Crippen molar-refractivity contribution in [1.29, 1.82) is 0 Å². The standard InChI is InChI=1S/C13H18N4O2/c1-3-6-16-7-4-12(18)17(13(16)19)10-9-15-8-5-14-11(15)2/h4-5,7-8H,3,6,9-10H2,1-2H3. The van der Waals surface area contributed by atoms with E-state index in [1.165, 1.54) is 10.6 Å². The van der Waals surface area contributed by atoms with Crippen LogP contribution in [0.3, 0.4) is 0 Å². The molecule has 0 atom stereocenters. The molecular weight excluding hydrogens is 244 g/mol. The van der Waals surface area contributed by atoms with Gasteiger partial charge in [-0.1, -0.05) is 6.92 Å². The number of rotatable bonds is 5. The Morgan fingerprint density at radius 3 is 2.53 bits per heavy atom. The predicted octanol–water partition coefficient (Wildman–Crippen LogP) is 0.625. The Bertz CT molecular complexity index is 666. The van der Waals surface area contributed by atoms with E-state index in [1.807, 2.05) is 24.6 Å². The van der Waals surface area contributed by atoms with Crippen molar-refractivity contribution in [3.63, 3.8) is 0 Å². The van der Waals surface area contributed by atoms with E-state index in [0.717, 1.165) is 12.2 Å². The second-order valence-electron chi connectivity index (χ2n) is 4.45. The van der Waals surface area contributed by atoms with Crippen LogP contribution in [-0.4, -0.2) is 18.7 Å². The highest BCUT2D eigenvalue weighted by molar-refractivity contribution is 4.90. The van der Waals surface area contributed by atoms with Gasteiger partial charge in [0.1, 0.15) is 5.82 Å². The third-order valence-electron chi connectivity index (χ3n) is 3.09. The lowest BCUT2D eigenvalue weighted by atomic mass is 10.4. The maximum absolute atomic E-state index is 12.1. The van der Waals surface area contributed by atoms with Gasteiger partial charge in [-0.25, -0.2) is 9.78 Å². The fraction of sp³-hybridized carbons (Fsp3) is 0.462. The molecule has 0 saturated heterocycles. The van der Waals surface area contributed by atoms with Crippen LogP contribution >= 0.6 is 0 Å². The molecule has 0 unspecified atom stereocenters. The van der Waals surface area contributed by atoms with E-state index in [1.54, 1.807) is 17.0 Å². The summed E-state index contributed by atoms with van der Waals surface area (Å²) in [5.74, 6) is 0.873. The first-order valence-corrected chi connectivity index (χ1v) is 6.41. The molecule has 0 N–H and O–H groups in total. The summed E-state index contributed by atoms with van der Waals surface area (Å²) in [5, 5.41) is 0. The summed E-state index contributed by atoms with van der Waals surface area (Å²) in [5.41, 5.74) is -0.498. The molecule has 0 spiro atoms. The number of hydrogen-bond acceptors (Lipinski definition) is 3. The highest BCUT2D eigenvalue weighted by Crippen LogP contribution is 1.95. The van der Waals surface area contributed by atoms with Crippen molar-refractivity contribution in [2.75, 3.05) is 0 Å². The zero-order valence-electron chi connectivity index (χ0n) is 11.2. The van der Waals surface area contributed by atoms with E-state index in [9.17, 15) is 9.59 Å². The van der Waals surface area contributed by atoms with Gasteiger partial charge in [-0.3, -0.25) is 9.36 Å². The van der Waals surface area contributed by atoms with Crippen molar-refractivity contribution in [3.8, 4) is 0 Å². The molecule has 2 aromatic rings. The van der Waals surface area contributed by atoms with E-state index >= 15 is 0 Å². The van der Waals surface area contributed by atoms with Crippen molar-refractivity contribution < 1.29 is 0 Å². The minimum Gasteiger partial charge on any atom is -0.333 e.